The molecule has 0 aliphatic carbocycles. The summed E-state index contributed by atoms with van der Waals surface area (Å²) in [4.78, 5) is 4.66. The van der Waals surface area contributed by atoms with E-state index in [4.69, 9.17) is 0 Å². The van der Waals surface area contributed by atoms with Crippen LogP contribution in [0.4, 0.5) is 0 Å². The summed E-state index contributed by atoms with van der Waals surface area (Å²) >= 11 is 1.86. The van der Waals surface area contributed by atoms with E-state index in [2.05, 4.69) is 97.7 Å². The molecule has 0 aliphatic rings. The van der Waals surface area contributed by atoms with Gasteiger partial charge in [0.2, 0.25) is 0 Å². The SMILES string of the molecule is CC(C)Cc1ccnc(-c2ccc3sc4ccc(-c5ccccc5)cc4c3c2)c1. The lowest BCUT2D eigenvalue weighted by molar-refractivity contribution is 0.647. The van der Waals surface area contributed by atoms with Crippen molar-refractivity contribution in [1.29, 1.82) is 0 Å². The first kappa shape index (κ1) is 18.1. The van der Waals surface area contributed by atoms with Gasteiger partial charge in [0.15, 0.2) is 0 Å². The summed E-state index contributed by atoms with van der Waals surface area (Å²) < 4.78 is 2.66. The molecule has 0 spiro atoms. The average Bonchev–Trinajstić information content (AvgIpc) is 3.11. The molecule has 0 radical (unpaired) electrons. The summed E-state index contributed by atoms with van der Waals surface area (Å²) in [5, 5.41) is 2.64. The molecule has 3 aromatic carbocycles. The molecule has 0 saturated heterocycles. The number of benzene rings is 3. The second-order valence-electron chi connectivity index (χ2n) is 8.04. The van der Waals surface area contributed by atoms with Gasteiger partial charge >= 0.3 is 0 Å². The van der Waals surface area contributed by atoms with Crippen LogP contribution in [0.2, 0.25) is 0 Å². The normalized spacial score (nSPS) is 11.6. The third-order valence-corrected chi connectivity index (χ3v) is 6.49. The lowest BCUT2D eigenvalue weighted by Gasteiger charge is -2.07. The Kier molecular flexibility index (Phi) is 4.65. The Labute approximate surface area is 175 Å². The third-order valence-electron chi connectivity index (χ3n) is 5.34. The van der Waals surface area contributed by atoms with Crippen LogP contribution in [-0.4, -0.2) is 4.98 Å². The zero-order chi connectivity index (χ0) is 19.8. The third kappa shape index (κ3) is 3.56. The Morgan fingerprint density at radius 3 is 2.14 bits per heavy atom. The molecule has 2 heterocycles. The standard InChI is InChI=1S/C27H23NS/c1-18(2)14-19-12-13-28-25(15-19)22-9-11-27-24(17-22)23-16-21(8-10-26(23)29-27)20-6-4-3-5-7-20/h3-13,15-18H,14H2,1-2H3. The molecule has 2 aromatic heterocycles. The van der Waals surface area contributed by atoms with Crippen molar-refractivity contribution in [2.24, 2.45) is 5.92 Å². The van der Waals surface area contributed by atoms with E-state index in [0.717, 1.165) is 12.1 Å². The van der Waals surface area contributed by atoms with Crippen molar-refractivity contribution in [3.8, 4) is 22.4 Å². The van der Waals surface area contributed by atoms with Crippen molar-refractivity contribution >= 4 is 31.5 Å². The summed E-state index contributed by atoms with van der Waals surface area (Å²) in [7, 11) is 0. The minimum atomic E-state index is 0.643. The van der Waals surface area contributed by atoms with Crippen molar-refractivity contribution in [3.05, 3.63) is 90.6 Å². The fraction of sp³-hybridized carbons (Fsp3) is 0.148. The molecule has 0 unspecified atom stereocenters. The highest BCUT2D eigenvalue weighted by Crippen LogP contribution is 2.38. The number of fused-ring (bicyclic) bond motifs is 3. The van der Waals surface area contributed by atoms with Crippen molar-refractivity contribution in [3.63, 3.8) is 0 Å². The van der Waals surface area contributed by atoms with Gasteiger partial charge in [0.1, 0.15) is 0 Å². The highest BCUT2D eigenvalue weighted by atomic mass is 32.1. The monoisotopic (exact) mass is 393 g/mol. The molecule has 29 heavy (non-hydrogen) atoms. The van der Waals surface area contributed by atoms with Crippen LogP contribution in [0.5, 0.6) is 0 Å². The minimum absolute atomic E-state index is 0.643. The van der Waals surface area contributed by atoms with Crippen LogP contribution in [0.1, 0.15) is 19.4 Å². The predicted octanol–water partition coefficient (Wildman–Crippen LogP) is 7.98. The number of hydrogen-bond acceptors (Lipinski definition) is 2. The van der Waals surface area contributed by atoms with Crippen molar-refractivity contribution in [1.82, 2.24) is 4.98 Å². The van der Waals surface area contributed by atoms with Crippen LogP contribution in [0, 0.1) is 5.92 Å². The van der Waals surface area contributed by atoms with Gasteiger partial charge in [-0.15, -0.1) is 11.3 Å². The number of rotatable bonds is 4. The average molecular weight is 394 g/mol. The Morgan fingerprint density at radius 2 is 1.41 bits per heavy atom. The van der Waals surface area contributed by atoms with Gasteiger partial charge in [-0.25, -0.2) is 0 Å². The van der Waals surface area contributed by atoms with Crippen molar-refractivity contribution in [2.45, 2.75) is 20.3 Å². The second kappa shape index (κ2) is 7.46. The molecule has 0 fully saturated rings. The fourth-order valence-electron chi connectivity index (χ4n) is 3.98. The van der Waals surface area contributed by atoms with E-state index < -0.39 is 0 Å². The van der Waals surface area contributed by atoms with E-state index in [9.17, 15) is 0 Å². The van der Waals surface area contributed by atoms with E-state index >= 15 is 0 Å². The molecule has 0 amide bonds. The van der Waals surface area contributed by atoms with Crippen LogP contribution in [-0.2, 0) is 6.42 Å². The van der Waals surface area contributed by atoms with Gasteiger partial charge in [-0.05, 0) is 65.4 Å². The summed E-state index contributed by atoms with van der Waals surface area (Å²) in [5.74, 6) is 0.643. The summed E-state index contributed by atoms with van der Waals surface area (Å²) in [6, 6.07) is 28.5. The lowest BCUT2D eigenvalue weighted by atomic mass is 10.00. The molecule has 5 aromatic rings. The molecule has 0 N–H and O–H groups in total. The van der Waals surface area contributed by atoms with Crippen LogP contribution < -0.4 is 0 Å². The van der Waals surface area contributed by atoms with Gasteiger partial charge in [-0.3, -0.25) is 4.98 Å². The number of aromatic nitrogens is 1. The zero-order valence-corrected chi connectivity index (χ0v) is 17.5. The van der Waals surface area contributed by atoms with E-state index in [1.807, 2.05) is 17.5 Å². The molecular formula is C27H23NS. The highest BCUT2D eigenvalue weighted by molar-refractivity contribution is 7.25. The van der Waals surface area contributed by atoms with Crippen LogP contribution >= 0.6 is 11.3 Å². The van der Waals surface area contributed by atoms with Gasteiger partial charge in [0.05, 0.1) is 5.69 Å². The first-order chi connectivity index (χ1) is 14.2. The van der Waals surface area contributed by atoms with E-state index in [-0.39, 0.29) is 0 Å². The molecule has 0 saturated carbocycles. The quantitative estimate of drug-likeness (QED) is 0.301. The molecular weight excluding hydrogens is 370 g/mol. The van der Waals surface area contributed by atoms with Gasteiger partial charge in [-0.1, -0.05) is 56.3 Å². The predicted molar refractivity (Wildman–Crippen MR) is 127 cm³/mol. The Hall–Kier alpha value is -2.97. The molecule has 2 heteroatoms. The molecule has 5 rings (SSSR count). The maximum absolute atomic E-state index is 4.66. The largest absolute Gasteiger partial charge is 0.256 e. The second-order valence-corrected chi connectivity index (χ2v) is 9.12. The number of hydrogen-bond donors (Lipinski definition) is 0. The van der Waals surface area contributed by atoms with E-state index in [1.165, 1.54) is 42.4 Å². The number of nitrogens with zero attached hydrogens (tertiary/aromatic N) is 1. The lowest BCUT2D eigenvalue weighted by Crippen LogP contribution is -1.95. The van der Waals surface area contributed by atoms with E-state index in [0.29, 0.717) is 5.92 Å². The van der Waals surface area contributed by atoms with Gasteiger partial charge in [0.25, 0.3) is 0 Å². The summed E-state index contributed by atoms with van der Waals surface area (Å²) in [6.45, 7) is 4.52. The summed E-state index contributed by atoms with van der Waals surface area (Å²) in [6.07, 6.45) is 3.02. The number of thiophene rings is 1. The van der Waals surface area contributed by atoms with Gasteiger partial charge < -0.3 is 0 Å². The van der Waals surface area contributed by atoms with Crippen LogP contribution in [0.25, 0.3) is 42.6 Å². The smallest absolute Gasteiger partial charge is 0.0704 e. The molecule has 0 aliphatic heterocycles. The summed E-state index contributed by atoms with van der Waals surface area (Å²) in [5.41, 5.74) is 6.12. The maximum atomic E-state index is 4.66. The van der Waals surface area contributed by atoms with Crippen molar-refractivity contribution < 1.29 is 0 Å². The molecule has 1 nitrogen and oxygen atoms in total. The van der Waals surface area contributed by atoms with Crippen LogP contribution in [0.15, 0.2) is 85.1 Å². The molecule has 0 bridgehead atoms. The highest BCUT2D eigenvalue weighted by Gasteiger charge is 2.10. The number of pyridine rings is 1. The Bertz CT molecular complexity index is 1300. The van der Waals surface area contributed by atoms with Crippen molar-refractivity contribution in [2.75, 3.05) is 0 Å². The Morgan fingerprint density at radius 1 is 0.724 bits per heavy atom. The maximum Gasteiger partial charge on any atom is 0.0704 e. The first-order valence-electron chi connectivity index (χ1n) is 10.1. The minimum Gasteiger partial charge on any atom is -0.256 e. The first-order valence-corrected chi connectivity index (χ1v) is 11.0. The zero-order valence-electron chi connectivity index (χ0n) is 16.7. The van der Waals surface area contributed by atoms with Crippen LogP contribution in [0.3, 0.4) is 0 Å². The van der Waals surface area contributed by atoms with Gasteiger partial charge in [0, 0.05) is 31.9 Å². The van der Waals surface area contributed by atoms with Gasteiger partial charge in [-0.2, -0.15) is 0 Å². The molecule has 0 atom stereocenters. The Balaban J connectivity index is 1.63. The topological polar surface area (TPSA) is 12.9 Å². The fourth-order valence-corrected chi connectivity index (χ4v) is 5.04. The molecule has 142 valence electrons. The van der Waals surface area contributed by atoms with E-state index in [1.54, 1.807) is 0 Å².